The highest BCUT2D eigenvalue weighted by Gasteiger charge is 2.33. The van der Waals surface area contributed by atoms with Crippen LogP contribution in [-0.2, 0) is 6.42 Å². The summed E-state index contributed by atoms with van der Waals surface area (Å²) in [6.45, 7) is 5.05. The molecule has 0 bridgehead atoms. The largest absolute Gasteiger partial charge is 0.331 e. The first-order valence-corrected chi connectivity index (χ1v) is 8.32. The number of hydrogen-bond acceptors (Lipinski definition) is 2. The molecule has 0 unspecified atom stereocenters. The van der Waals surface area contributed by atoms with Gasteiger partial charge in [-0.2, -0.15) is 0 Å². The second kappa shape index (κ2) is 6.29. The minimum Gasteiger partial charge on any atom is -0.331 e. The number of fused-ring (bicyclic) bond motifs is 1. The maximum Gasteiger partial charge on any atom is 0.317 e. The van der Waals surface area contributed by atoms with Crippen molar-refractivity contribution < 1.29 is 4.79 Å². The van der Waals surface area contributed by atoms with Crippen LogP contribution in [0.5, 0.6) is 0 Å². The van der Waals surface area contributed by atoms with Crippen molar-refractivity contribution in [1.29, 1.82) is 0 Å². The summed E-state index contributed by atoms with van der Waals surface area (Å²) in [5.41, 5.74) is 2.68. The Bertz CT molecular complexity index is 543. The van der Waals surface area contributed by atoms with Gasteiger partial charge in [-0.3, -0.25) is 0 Å². The van der Waals surface area contributed by atoms with Crippen molar-refractivity contribution in [1.82, 2.24) is 15.1 Å². The van der Waals surface area contributed by atoms with Gasteiger partial charge in [0.1, 0.15) is 0 Å². The Labute approximate surface area is 133 Å². The minimum absolute atomic E-state index is 0.106. The van der Waals surface area contributed by atoms with E-state index in [9.17, 15) is 4.79 Å². The average molecular weight is 301 g/mol. The van der Waals surface area contributed by atoms with E-state index in [1.165, 1.54) is 11.1 Å². The summed E-state index contributed by atoms with van der Waals surface area (Å²) >= 11 is 0. The number of hydrogen-bond donors (Lipinski definition) is 1. The van der Waals surface area contributed by atoms with E-state index < -0.39 is 0 Å². The van der Waals surface area contributed by atoms with Crippen LogP contribution in [0.25, 0.3) is 0 Å². The van der Waals surface area contributed by atoms with Gasteiger partial charge in [0.2, 0.25) is 0 Å². The molecule has 0 saturated carbocycles. The Hall–Kier alpha value is -1.55. The lowest BCUT2D eigenvalue weighted by molar-refractivity contribution is 0.198. The highest BCUT2D eigenvalue weighted by molar-refractivity contribution is 5.75. The van der Waals surface area contributed by atoms with Crippen molar-refractivity contribution in [3.8, 4) is 0 Å². The maximum atomic E-state index is 12.6. The molecule has 2 aliphatic rings. The van der Waals surface area contributed by atoms with Crippen molar-refractivity contribution in [2.24, 2.45) is 11.8 Å². The molecule has 3 rings (SSSR count). The van der Waals surface area contributed by atoms with Crippen LogP contribution < -0.4 is 5.32 Å². The molecule has 1 N–H and O–H groups in total. The van der Waals surface area contributed by atoms with E-state index in [1.807, 2.05) is 4.90 Å². The Morgan fingerprint density at radius 3 is 2.91 bits per heavy atom. The van der Waals surface area contributed by atoms with Crippen molar-refractivity contribution in [3.63, 3.8) is 0 Å². The number of urea groups is 1. The molecule has 0 aromatic heterocycles. The molecule has 0 spiro atoms. The number of nitrogens with zero attached hydrogens (tertiary/aromatic N) is 2. The summed E-state index contributed by atoms with van der Waals surface area (Å²) in [6, 6.07) is 8.76. The molecule has 3 atom stereocenters. The van der Waals surface area contributed by atoms with E-state index >= 15 is 0 Å². The second-order valence-electron chi connectivity index (χ2n) is 7.17. The zero-order valence-corrected chi connectivity index (χ0v) is 13.9. The third-order valence-corrected chi connectivity index (χ3v) is 4.98. The van der Waals surface area contributed by atoms with E-state index in [0.717, 1.165) is 32.5 Å². The topological polar surface area (TPSA) is 35.6 Å². The SMILES string of the molecule is C[C@@H]1Cc2ccccc2[C@H]1NC(=O)N1CC[C@@H](CN(C)C)C1. The first-order valence-electron chi connectivity index (χ1n) is 8.32. The number of carbonyl (C=O) groups is 1. The smallest absolute Gasteiger partial charge is 0.317 e. The monoisotopic (exact) mass is 301 g/mol. The number of amides is 2. The predicted octanol–water partition coefficient (Wildman–Crippen LogP) is 2.51. The third-order valence-electron chi connectivity index (χ3n) is 4.98. The second-order valence-corrected chi connectivity index (χ2v) is 7.17. The Balaban J connectivity index is 1.61. The predicted molar refractivity (Wildman–Crippen MR) is 88.8 cm³/mol. The Morgan fingerprint density at radius 2 is 2.14 bits per heavy atom. The zero-order chi connectivity index (χ0) is 15.7. The third kappa shape index (κ3) is 3.12. The zero-order valence-electron chi connectivity index (χ0n) is 13.9. The molecule has 1 heterocycles. The van der Waals surface area contributed by atoms with Gasteiger partial charge >= 0.3 is 6.03 Å². The van der Waals surface area contributed by atoms with Gasteiger partial charge in [-0.05, 0) is 49.9 Å². The molecule has 1 aromatic carbocycles. The summed E-state index contributed by atoms with van der Waals surface area (Å²) in [5.74, 6) is 1.08. The molecule has 0 radical (unpaired) electrons. The molecular formula is C18H27N3O. The number of likely N-dealkylation sites (tertiary alicyclic amines) is 1. The van der Waals surface area contributed by atoms with E-state index in [4.69, 9.17) is 0 Å². The van der Waals surface area contributed by atoms with Crippen molar-refractivity contribution in [2.75, 3.05) is 33.7 Å². The van der Waals surface area contributed by atoms with Crippen LogP contribution in [-0.4, -0.2) is 49.6 Å². The lowest BCUT2D eigenvalue weighted by Crippen LogP contribution is -2.41. The molecule has 1 aliphatic heterocycles. The number of rotatable bonds is 3. The van der Waals surface area contributed by atoms with Crippen LogP contribution in [0.4, 0.5) is 4.79 Å². The van der Waals surface area contributed by atoms with Crippen LogP contribution in [0.1, 0.15) is 30.5 Å². The van der Waals surface area contributed by atoms with Crippen LogP contribution in [0.3, 0.4) is 0 Å². The van der Waals surface area contributed by atoms with Gasteiger partial charge in [0.05, 0.1) is 6.04 Å². The quantitative estimate of drug-likeness (QED) is 0.931. The fourth-order valence-electron chi connectivity index (χ4n) is 3.92. The maximum absolute atomic E-state index is 12.6. The molecule has 1 saturated heterocycles. The lowest BCUT2D eigenvalue weighted by Gasteiger charge is -2.24. The van der Waals surface area contributed by atoms with Crippen molar-refractivity contribution in [3.05, 3.63) is 35.4 Å². The van der Waals surface area contributed by atoms with Gasteiger partial charge in [-0.25, -0.2) is 4.79 Å². The van der Waals surface area contributed by atoms with Gasteiger partial charge in [-0.1, -0.05) is 31.2 Å². The summed E-state index contributed by atoms with van der Waals surface area (Å²) in [6.07, 6.45) is 2.17. The number of carbonyl (C=O) groups excluding carboxylic acids is 1. The fraction of sp³-hybridized carbons (Fsp3) is 0.611. The Morgan fingerprint density at radius 1 is 1.36 bits per heavy atom. The molecule has 4 nitrogen and oxygen atoms in total. The molecule has 22 heavy (non-hydrogen) atoms. The molecule has 4 heteroatoms. The average Bonchev–Trinajstić information content (AvgIpc) is 3.04. The summed E-state index contributed by atoms with van der Waals surface area (Å²) in [5, 5.41) is 3.27. The fourth-order valence-corrected chi connectivity index (χ4v) is 3.92. The molecule has 1 aliphatic carbocycles. The standard InChI is InChI=1S/C18H27N3O/c1-13-10-15-6-4-5-7-16(15)17(13)19-18(22)21-9-8-14(12-21)11-20(2)3/h4-7,13-14,17H,8-12H2,1-3H3,(H,19,22)/t13-,14+,17+/m1/s1. The van der Waals surface area contributed by atoms with Crippen molar-refractivity contribution in [2.45, 2.75) is 25.8 Å². The van der Waals surface area contributed by atoms with Crippen LogP contribution in [0.15, 0.2) is 24.3 Å². The summed E-state index contributed by atoms with van der Waals surface area (Å²) in [7, 11) is 4.19. The van der Waals surface area contributed by atoms with Crippen LogP contribution in [0, 0.1) is 11.8 Å². The molecule has 120 valence electrons. The van der Waals surface area contributed by atoms with Crippen LogP contribution >= 0.6 is 0 Å². The highest BCUT2D eigenvalue weighted by Crippen LogP contribution is 2.35. The Kier molecular flexibility index (Phi) is 4.39. The first kappa shape index (κ1) is 15.3. The van der Waals surface area contributed by atoms with Crippen LogP contribution in [0.2, 0.25) is 0 Å². The van der Waals surface area contributed by atoms with Gasteiger partial charge in [0.25, 0.3) is 0 Å². The first-order chi connectivity index (χ1) is 10.5. The van der Waals surface area contributed by atoms with E-state index in [2.05, 4.69) is 55.5 Å². The van der Waals surface area contributed by atoms with Gasteiger partial charge in [-0.15, -0.1) is 0 Å². The number of benzene rings is 1. The lowest BCUT2D eigenvalue weighted by atomic mass is 10.0. The molecule has 1 aromatic rings. The van der Waals surface area contributed by atoms with Gasteiger partial charge < -0.3 is 15.1 Å². The van der Waals surface area contributed by atoms with Gasteiger partial charge in [0, 0.05) is 19.6 Å². The highest BCUT2D eigenvalue weighted by atomic mass is 16.2. The van der Waals surface area contributed by atoms with E-state index in [0.29, 0.717) is 11.8 Å². The molecule has 2 amide bonds. The molecular weight excluding hydrogens is 274 g/mol. The number of nitrogens with one attached hydrogen (secondary N) is 1. The summed E-state index contributed by atoms with van der Waals surface area (Å²) in [4.78, 5) is 16.8. The van der Waals surface area contributed by atoms with Gasteiger partial charge in [0.15, 0.2) is 0 Å². The summed E-state index contributed by atoms with van der Waals surface area (Å²) < 4.78 is 0. The minimum atomic E-state index is 0.106. The molecule has 1 fully saturated rings. The van der Waals surface area contributed by atoms with E-state index in [1.54, 1.807) is 0 Å². The van der Waals surface area contributed by atoms with E-state index in [-0.39, 0.29) is 12.1 Å². The normalized spacial score (nSPS) is 27.3. The van der Waals surface area contributed by atoms with Crippen molar-refractivity contribution >= 4 is 6.03 Å².